The molecule has 1 N–H and O–H groups in total. The zero-order valence-corrected chi connectivity index (χ0v) is 12.4. The van der Waals surface area contributed by atoms with Crippen molar-refractivity contribution in [2.75, 3.05) is 0 Å². The zero-order valence-electron chi connectivity index (χ0n) is 12.4. The number of carbonyl (C=O) groups is 1. The fourth-order valence-corrected chi connectivity index (χ4v) is 2.06. The summed E-state index contributed by atoms with van der Waals surface area (Å²) in [5, 5.41) is 5.99. The summed E-state index contributed by atoms with van der Waals surface area (Å²) in [4.78, 5) is 14.8. The molecule has 2 aromatic carbocycles. The van der Waals surface area contributed by atoms with Crippen molar-refractivity contribution in [2.45, 2.75) is 18.8 Å². The first kappa shape index (κ1) is 17.4. The highest BCUT2D eigenvalue weighted by molar-refractivity contribution is 5.83. The Labute approximate surface area is 135 Å². The molecule has 1 amide bonds. The monoisotopic (exact) mass is 334 g/mol. The molecule has 0 aliphatic carbocycles. The third-order valence-corrected chi connectivity index (χ3v) is 3.28. The van der Waals surface area contributed by atoms with Gasteiger partial charge in [0.2, 0.25) is 5.91 Å². The van der Waals surface area contributed by atoms with E-state index in [1.807, 2.05) is 18.2 Å². The smallest absolute Gasteiger partial charge is 0.351 e. The number of nitrogens with one attached hydrogen (secondary N) is 1. The third kappa shape index (κ3) is 4.50. The molecule has 8 heteroatoms. The number of alkyl halides is 3. The van der Waals surface area contributed by atoms with Crippen LogP contribution in [0.25, 0.3) is 10.4 Å². The molecule has 0 saturated carbocycles. The van der Waals surface area contributed by atoms with E-state index in [0.29, 0.717) is 0 Å². The molecule has 0 bridgehead atoms. The van der Waals surface area contributed by atoms with E-state index in [9.17, 15) is 18.0 Å². The molecule has 2 rings (SSSR count). The summed E-state index contributed by atoms with van der Waals surface area (Å²) >= 11 is 0. The number of azide groups is 1. The van der Waals surface area contributed by atoms with E-state index >= 15 is 0 Å². The molecule has 5 nitrogen and oxygen atoms in total. The van der Waals surface area contributed by atoms with E-state index in [1.165, 1.54) is 0 Å². The van der Waals surface area contributed by atoms with E-state index in [2.05, 4.69) is 15.3 Å². The van der Waals surface area contributed by atoms with Gasteiger partial charge in [-0.05, 0) is 28.8 Å². The number of halogens is 3. The minimum absolute atomic E-state index is 0.186. The van der Waals surface area contributed by atoms with Gasteiger partial charge < -0.3 is 5.32 Å². The summed E-state index contributed by atoms with van der Waals surface area (Å²) in [6, 6.07) is 11.8. The van der Waals surface area contributed by atoms with Gasteiger partial charge in [0.15, 0.2) is 0 Å². The van der Waals surface area contributed by atoms with Crippen LogP contribution in [0.3, 0.4) is 0 Å². The number of nitrogens with zero attached hydrogens (tertiary/aromatic N) is 3. The van der Waals surface area contributed by atoms with Gasteiger partial charge in [-0.3, -0.25) is 4.79 Å². The maximum atomic E-state index is 12.6. The second-order valence-corrected chi connectivity index (χ2v) is 4.93. The Hall–Kier alpha value is -2.99. The number of benzene rings is 2. The van der Waals surface area contributed by atoms with Crippen molar-refractivity contribution in [3.8, 4) is 0 Å². The van der Waals surface area contributed by atoms with Gasteiger partial charge in [-0.1, -0.05) is 47.6 Å². The van der Waals surface area contributed by atoms with Gasteiger partial charge in [0.1, 0.15) is 6.04 Å². The van der Waals surface area contributed by atoms with Crippen molar-refractivity contribution in [1.29, 1.82) is 0 Å². The second-order valence-electron chi connectivity index (χ2n) is 4.93. The summed E-state index contributed by atoms with van der Waals surface area (Å²) < 4.78 is 37.7. The Bertz CT molecular complexity index is 738. The Morgan fingerprint density at radius 1 is 1.12 bits per heavy atom. The lowest BCUT2D eigenvalue weighted by Gasteiger charge is -2.13. The number of carbonyl (C=O) groups excluding carboxylic acids is 1. The third-order valence-electron chi connectivity index (χ3n) is 3.28. The van der Waals surface area contributed by atoms with Crippen molar-refractivity contribution in [2.24, 2.45) is 5.11 Å². The number of hydrogen-bond acceptors (Lipinski definition) is 2. The van der Waals surface area contributed by atoms with Crippen LogP contribution >= 0.6 is 0 Å². The van der Waals surface area contributed by atoms with Gasteiger partial charge in [-0.25, -0.2) is 0 Å². The average Bonchev–Trinajstić information content (AvgIpc) is 2.58. The predicted octanol–water partition coefficient (Wildman–Crippen LogP) is 4.37. The van der Waals surface area contributed by atoms with E-state index < -0.39 is 23.7 Å². The SMILES string of the molecule is [N-]=[N+]=NC(C(=O)NCc1ccccc1)c1ccc(C(F)(F)F)cc1. The minimum Gasteiger partial charge on any atom is -0.351 e. The normalized spacial score (nSPS) is 12.1. The molecule has 124 valence electrons. The van der Waals surface area contributed by atoms with Crippen LogP contribution in [0.15, 0.2) is 59.7 Å². The van der Waals surface area contributed by atoms with Crippen LogP contribution < -0.4 is 5.32 Å². The molecule has 0 saturated heterocycles. The molecule has 0 spiro atoms. The fourth-order valence-electron chi connectivity index (χ4n) is 2.06. The summed E-state index contributed by atoms with van der Waals surface area (Å²) in [5.41, 5.74) is 8.81. The number of rotatable bonds is 5. The van der Waals surface area contributed by atoms with E-state index in [1.54, 1.807) is 12.1 Å². The molecule has 0 fully saturated rings. The minimum atomic E-state index is -4.47. The van der Waals surface area contributed by atoms with Gasteiger partial charge in [0.05, 0.1) is 5.56 Å². The van der Waals surface area contributed by atoms with Crippen molar-refractivity contribution in [3.63, 3.8) is 0 Å². The lowest BCUT2D eigenvalue weighted by atomic mass is 10.0. The average molecular weight is 334 g/mol. The highest BCUT2D eigenvalue weighted by atomic mass is 19.4. The molecular weight excluding hydrogens is 321 g/mol. The van der Waals surface area contributed by atoms with E-state index in [4.69, 9.17) is 5.53 Å². The molecule has 0 aliphatic heterocycles. The predicted molar refractivity (Wildman–Crippen MR) is 81.6 cm³/mol. The zero-order chi connectivity index (χ0) is 17.6. The largest absolute Gasteiger partial charge is 0.416 e. The quantitative estimate of drug-likeness (QED) is 0.492. The van der Waals surface area contributed by atoms with Gasteiger partial charge in [-0.2, -0.15) is 13.2 Å². The van der Waals surface area contributed by atoms with Crippen LogP contribution in [0.5, 0.6) is 0 Å². The molecule has 0 radical (unpaired) electrons. The first-order valence-corrected chi connectivity index (χ1v) is 6.95. The molecule has 0 heterocycles. The van der Waals surface area contributed by atoms with Gasteiger partial charge in [0, 0.05) is 11.5 Å². The van der Waals surface area contributed by atoms with Gasteiger partial charge in [0.25, 0.3) is 0 Å². The molecule has 0 aromatic heterocycles. The van der Waals surface area contributed by atoms with Crippen LogP contribution in [0.1, 0.15) is 22.7 Å². The Morgan fingerprint density at radius 3 is 2.29 bits per heavy atom. The lowest BCUT2D eigenvalue weighted by molar-refractivity contribution is -0.137. The van der Waals surface area contributed by atoms with Crippen molar-refractivity contribution >= 4 is 5.91 Å². The molecule has 24 heavy (non-hydrogen) atoms. The molecule has 2 aromatic rings. The van der Waals surface area contributed by atoms with Crippen LogP contribution in [-0.4, -0.2) is 5.91 Å². The maximum absolute atomic E-state index is 12.6. The Morgan fingerprint density at radius 2 is 1.75 bits per heavy atom. The standard InChI is InChI=1S/C16H13F3N4O/c17-16(18,19)13-8-6-12(7-9-13)14(22-23-20)15(24)21-10-11-4-2-1-3-5-11/h1-9,14H,10H2,(H,21,24). The Kier molecular flexibility index (Phi) is 5.44. The first-order valence-electron chi connectivity index (χ1n) is 6.95. The Balaban J connectivity index is 2.13. The molecule has 1 unspecified atom stereocenters. The van der Waals surface area contributed by atoms with Gasteiger partial charge >= 0.3 is 6.18 Å². The van der Waals surface area contributed by atoms with Crippen molar-refractivity contribution in [1.82, 2.24) is 5.32 Å². The summed E-state index contributed by atoms with van der Waals surface area (Å²) in [6.07, 6.45) is -4.47. The van der Waals surface area contributed by atoms with Crippen LogP contribution in [-0.2, 0) is 17.5 Å². The van der Waals surface area contributed by atoms with Crippen molar-refractivity contribution in [3.05, 3.63) is 81.7 Å². The summed E-state index contributed by atoms with van der Waals surface area (Å²) in [7, 11) is 0. The van der Waals surface area contributed by atoms with E-state index in [0.717, 1.165) is 29.8 Å². The highest BCUT2D eigenvalue weighted by Crippen LogP contribution is 2.30. The van der Waals surface area contributed by atoms with Gasteiger partial charge in [-0.15, -0.1) is 0 Å². The van der Waals surface area contributed by atoms with Crippen LogP contribution in [0, 0.1) is 0 Å². The van der Waals surface area contributed by atoms with E-state index in [-0.39, 0.29) is 12.1 Å². The first-order chi connectivity index (χ1) is 11.4. The lowest BCUT2D eigenvalue weighted by Crippen LogP contribution is -2.28. The molecular formula is C16H13F3N4O. The second kappa shape index (κ2) is 7.52. The molecule has 1 atom stereocenters. The van der Waals surface area contributed by atoms with Crippen molar-refractivity contribution < 1.29 is 18.0 Å². The topological polar surface area (TPSA) is 77.9 Å². The highest BCUT2D eigenvalue weighted by Gasteiger charge is 2.30. The molecule has 0 aliphatic rings. The fraction of sp³-hybridized carbons (Fsp3) is 0.188. The maximum Gasteiger partial charge on any atom is 0.416 e. The summed E-state index contributed by atoms with van der Waals surface area (Å²) in [5.74, 6) is -0.587. The van der Waals surface area contributed by atoms with Crippen LogP contribution in [0.4, 0.5) is 13.2 Å². The summed E-state index contributed by atoms with van der Waals surface area (Å²) in [6.45, 7) is 0.220. The number of amides is 1. The van der Waals surface area contributed by atoms with Crippen LogP contribution in [0.2, 0.25) is 0 Å². The number of hydrogen-bond donors (Lipinski definition) is 1.